The van der Waals surface area contributed by atoms with Gasteiger partial charge >= 0.3 is 24.2 Å². The van der Waals surface area contributed by atoms with Crippen LogP contribution in [0.3, 0.4) is 0 Å². The Bertz CT molecular complexity index is 1010. The topological polar surface area (TPSA) is 161 Å². The number of aliphatic carboxylic acids is 1. The minimum Gasteiger partial charge on any atom is -0.480 e. The number of ether oxygens (including phenoxy) is 5. The molecule has 3 unspecified atom stereocenters. The molecule has 1 aromatic carbocycles. The molecule has 0 saturated heterocycles. The fourth-order valence-electron chi connectivity index (χ4n) is 3.68. The number of rotatable bonds is 13. The summed E-state index contributed by atoms with van der Waals surface area (Å²) >= 11 is 0. The monoisotopic (exact) mass is 567 g/mol. The molecule has 0 spiro atoms. The van der Waals surface area contributed by atoms with E-state index in [0.29, 0.717) is 5.56 Å². The summed E-state index contributed by atoms with van der Waals surface area (Å²) in [5, 5.41) is 9.77. The first kappa shape index (κ1) is 34.7. The van der Waals surface area contributed by atoms with Gasteiger partial charge in [0.1, 0.15) is 12.1 Å². The molecule has 11 heteroatoms. The molecule has 0 amide bonds. The van der Waals surface area contributed by atoms with Crippen molar-refractivity contribution < 1.29 is 48.0 Å². The number of carboxylic acid groups (broad SMARTS) is 1. The number of hydrogen-bond donors (Lipinski definition) is 2. The SMILES string of the molecule is CC(C)COC(=O)Oc1ccc(C(C(C)C(C)OC(=O)CC(C)(C)C)[C@H](N)C(=O)O)cc1OC(=O)OCC(C)C. The van der Waals surface area contributed by atoms with Gasteiger partial charge < -0.3 is 34.5 Å². The van der Waals surface area contributed by atoms with Crippen LogP contribution in [0.1, 0.15) is 80.2 Å². The number of nitrogens with two attached hydrogens (primary N) is 1. The Morgan fingerprint density at radius 1 is 0.850 bits per heavy atom. The molecule has 0 radical (unpaired) electrons. The van der Waals surface area contributed by atoms with Crippen LogP contribution in [0.4, 0.5) is 9.59 Å². The normalized spacial score (nSPS) is 14.6. The second-order valence-corrected chi connectivity index (χ2v) is 12.0. The zero-order valence-corrected chi connectivity index (χ0v) is 25.0. The van der Waals surface area contributed by atoms with Gasteiger partial charge in [0.15, 0.2) is 11.5 Å². The third-order valence-electron chi connectivity index (χ3n) is 5.78. The Kier molecular flexibility index (Phi) is 13.4. The Morgan fingerprint density at radius 2 is 1.35 bits per heavy atom. The lowest BCUT2D eigenvalue weighted by Gasteiger charge is -2.32. The summed E-state index contributed by atoms with van der Waals surface area (Å²) in [6.07, 6.45) is -2.57. The molecule has 0 aliphatic heterocycles. The lowest BCUT2D eigenvalue weighted by Crippen LogP contribution is -2.42. The van der Waals surface area contributed by atoms with Crippen molar-refractivity contribution in [1.29, 1.82) is 0 Å². The minimum absolute atomic E-state index is 0.0434. The lowest BCUT2D eigenvalue weighted by molar-refractivity contribution is -0.153. The maximum absolute atomic E-state index is 12.5. The highest BCUT2D eigenvalue weighted by atomic mass is 16.7. The summed E-state index contributed by atoms with van der Waals surface area (Å²) in [5.74, 6) is -3.38. The van der Waals surface area contributed by atoms with E-state index in [1.807, 2.05) is 48.5 Å². The molecule has 3 N–H and O–H groups in total. The largest absolute Gasteiger partial charge is 0.513 e. The van der Waals surface area contributed by atoms with Gasteiger partial charge in [-0.3, -0.25) is 9.59 Å². The number of carboxylic acids is 1. The average molecular weight is 568 g/mol. The van der Waals surface area contributed by atoms with Crippen molar-refractivity contribution in [3.63, 3.8) is 0 Å². The first-order valence-corrected chi connectivity index (χ1v) is 13.4. The van der Waals surface area contributed by atoms with E-state index < -0.39 is 48.2 Å². The van der Waals surface area contributed by atoms with E-state index in [-0.39, 0.29) is 48.4 Å². The highest BCUT2D eigenvalue weighted by Gasteiger charge is 2.36. The van der Waals surface area contributed by atoms with Gasteiger partial charge in [0, 0.05) is 11.8 Å². The molecule has 0 aliphatic rings. The summed E-state index contributed by atoms with van der Waals surface area (Å²) in [6.45, 7) is 16.7. The first-order valence-electron chi connectivity index (χ1n) is 13.4. The molecule has 226 valence electrons. The molecule has 0 saturated carbocycles. The summed E-state index contributed by atoms with van der Waals surface area (Å²) in [4.78, 5) is 49.0. The molecule has 1 aromatic rings. The van der Waals surface area contributed by atoms with Crippen LogP contribution in [-0.2, 0) is 23.8 Å². The molecule has 0 aliphatic carbocycles. The van der Waals surface area contributed by atoms with E-state index in [2.05, 4.69) is 0 Å². The Balaban J connectivity index is 3.41. The molecular weight excluding hydrogens is 522 g/mol. The number of carbonyl (C=O) groups is 4. The Hall–Kier alpha value is -3.34. The van der Waals surface area contributed by atoms with Crippen LogP contribution >= 0.6 is 0 Å². The number of carbonyl (C=O) groups excluding carboxylic acids is 3. The quantitative estimate of drug-likeness (QED) is 0.175. The van der Waals surface area contributed by atoms with Crippen molar-refractivity contribution in [3.8, 4) is 11.5 Å². The molecule has 0 heterocycles. The van der Waals surface area contributed by atoms with E-state index >= 15 is 0 Å². The zero-order valence-electron chi connectivity index (χ0n) is 25.0. The van der Waals surface area contributed by atoms with Crippen LogP contribution in [0.15, 0.2) is 18.2 Å². The highest BCUT2D eigenvalue weighted by molar-refractivity contribution is 5.75. The standard InChI is InChI=1S/C29H45NO10/c1-16(2)14-36-27(34)39-21-11-10-20(12-22(21)40-28(35)37-15-17(3)4)24(25(30)26(32)33)18(5)19(6)38-23(31)13-29(7,8)9/h10-12,16-19,24-25H,13-15,30H2,1-9H3,(H,32,33)/t18?,19?,24?,25-/m0/s1. The van der Waals surface area contributed by atoms with E-state index in [1.165, 1.54) is 18.2 Å². The van der Waals surface area contributed by atoms with Gasteiger partial charge in [0.05, 0.1) is 19.6 Å². The van der Waals surface area contributed by atoms with Gasteiger partial charge in [0.25, 0.3) is 0 Å². The van der Waals surface area contributed by atoms with E-state index in [4.69, 9.17) is 29.4 Å². The Morgan fingerprint density at radius 3 is 1.80 bits per heavy atom. The smallest absolute Gasteiger partial charge is 0.480 e. The highest BCUT2D eigenvalue weighted by Crippen LogP contribution is 2.37. The molecule has 1 rings (SSSR count). The van der Waals surface area contributed by atoms with Crippen molar-refractivity contribution in [2.75, 3.05) is 13.2 Å². The molecule has 11 nitrogen and oxygen atoms in total. The van der Waals surface area contributed by atoms with Gasteiger partial charge in [0.2, 0.25) is 0 Å². The fraction of sp³-hybridized carbons (Fsp3) is 0.655. The summed E-state index contributed by atoms with van der Waals surface area (Å²) in [6, 6.07) is 2.81. The second-order valence-electron chi connectivity index (χ2n) is 12.0. The van der Waals surface area contributed by atoms with Crippen molar-refractivity contribution >= 4 is 24.2 Å². The number of esters is 1. The third kappa shape index (κ3) is 12.2. The van der Waals surface area contributed by atoms with Crippen LogP contribution in [0, 0.1) is 23.2 Å². The third-order valence-corrected chi connectivity index (χ3v) is 5.78. The van der Waals surface area contributed by atoms with Crippen molar-refractivity contribution in [1.82, 2.24) is 0 Å². The van der Waals surface area contributed by atoms with E-state index in [1.54, 1.807) is 13.8 Å². The predicted octanol–water partition coefficient (Wildman–Crippen LogP) is 5.53. The molecule has 0 bridgehead atoms. The summed E-state index contributed by atoms with van der Waals surface area (Å²) in [5.41, 5.74) is 6.17. The van der Waals surface area contributed by atoms with E-state index in [9.17, 15) is 24.3 Å². The molecular formula is C29H45NO10. The van der Waals surface area contributed by atoms with Crippen molar-refractivity contribution in [2.24, 2.45) is 28.9 Å². The fourth-order valence-corrected chi connectivity index (χ4v) is 3.68. The Labute approximate surface area is 236 Å². The average Bonchev–Trinajstić information content (AvgIpc) is 2.81. The molecule has 0 aromatic heterocycles. The van der Waals surface area contributed by atoms with Gasteiger partial charge in [-0.25, -0.2) is 9.59 Å². The number of hydrogen-bond acceptors (Lipinski definition) is 10. The van der Waals surface area contributed by atoms with Crippen LogP contribution in [0.2, 0.25) is 0 Å². The second kappa shape index (κ2) is 15.4. The van der Waals surface area contributed by atoms with Crippen LogP contribution in [-0.4, -0.2) is 54.7 Å². The van der Waals surface area contributed by atoms with Gasteiger partial charge in [-0.1, -0.05) is 61.5 Å². The predicted molar refractivity (Wildman–Crippen MR) is 147 cm³/mol. The molecule has 40 heavy (non-hydrogen) atoms. The van der Waals surface area contributed by atoms with Crippen LogP contribution in [0.5, 0.6) is 11.5 Å². The molecule has 0 fully saturated rings. The lowest BCUT2D eigenvalue weighted by atomic mass is 9.79. The van der Waals surface area contributed by atoms with Crippen molar-refractivity contribution in [2.45, 2.75) is 86.8 Å². The van der Waals surface area contributed by atoms with Crippen LogP contribution in [0.25, 0.3) is 0 Å². The van der Waals surface area contributed by atoms with Crippen LogP contribution < -0.4 is 15.2 Å². The van der Waals surface area contributed by atoms with Gasteiger partial charge in [-0.05, 0) is 41.9 Å². The number of benzene rings is 1. The minimum atomic E-state index is -1.40. The van der Waals surface area contributed by atoms with Gasteiger partial charge in [-0.15, -0.1) is 0 Å². The molecule has 4 atom stereocenters. The van der Waals surface area contributed by atoms with E-state index in [0.717, 1.165) is 0 Å². The first-order chi connectivity index (χ1) is 18.4. The maximum Gasteiger partial charge on any atom is 0.513 e. The maximum atomic E-state index is 12.5. The zero-order chi connectivity index (χ0) is 30.8. The van der Waals surface area contributed by atoms with Gasteiger partial charge in [-0.2, -0.15) is 0 Å². The van der Waals surface area contributed by atoms with Crippen molar-refractivity contribution in [3.05, 3.63) is 23.8 Å². The summed E-state index contributed by atoms with van der Waals surface area (Å²) < 4.78 is 26.4. The summed E-state index contributed by atoms with van der Waals surface area (Å²) in [7, 11) is 0.